The Morgan fingerprint density at radius 3 is 2.15 bits per heavy atom. The van der Waals surface area contributed by atoms with Crippen molar-refractivity contribution in [3.05, 3.63) is 29.1 Å². The number of nitrogens with zero attached hydrogens (tertiary/aromatic N) is 1. The molecule has 0 aliphatic rings. The molecular weight excluding hydrogens is 266 g/mol. The summed E-state index contributed by atoms with van der Waals surface area (Å²) in [5.41, 5.74) is -0.240. The van der Waals surface area contributed by atoms with Crippen molar-refractivity contribution >= 4 is 17.9 Å². The van der Waals surface area contributed by atoms with E-state index < -0.39 is 17.9 Å². The first-order chi connectivity index (χ1) is 9.54. The summed E-state index contributed by atoms with van der Waals surface area (Å²) >= 11 is 0. The zero-order valence-corrected chi connectivity index (χ0v) is 11.5. The molecule has 0 amide bonds. The molecule has 0 bridgehead atoms. The van der Waals surface area contributed by atoms with E-state index in [1.165, 1.54) is 7.11 Å². The second-order valence-corrected chi connectivity index (χ2v) is 3.55. The number of esters is 3. The summed E-state index contributed by atoms with van der Waals surface area (Å²) in [6, 6.07) is 1.15. The summed E-state index contributed by atoms with van der Waals surface area (Å²) in [4.78, 5) is 38.7. The molecule has 1 rings (SSSR count). The fourth-order valence-electron chi connectivity index (χ4n) is 1.42. The van der Waals surface area contributed by atoms with E-state index in [0.29, 0.717) is 0 Å². The van der Waals surface area contributed by atoms with Crippen LogP contribution in [-0.2, 0) is 14.2 Å². The number of pyridine rings is 1. The predicted molar refractivity (Wildman–Crippen MR) is 67.5 cm³/mol. The average Bonchev–Trinajstić information content (AvgIpc) is 2.46. The van der Waals surface area contributed by atoms with E-state index in [0.717, 1.165) is 12.3 Å². The van der Waals surface area contributed by atoms with E-state index >= 15 is 0 Å². The van der Waals surface area contributed by atoms with Crippen LogP contribution in [0.15, 0.2) is 12.3 Å². The minimum atomic E-state index is -0.763. The maximum Gasteiger partial charge on any atom is 0.356 e. The van der Waals surface area contributed by atoms with Crippen molar-refractivity contribution in [2.45, 2.75) is 13.8 Å². The molecule has 0 saturated carbocycles. The second-order valence-electron chi connectivity index (χ2n) is 3.55. The summed E-state index contributed by atoms with van der Waals surface area (Å²) in [5.74, 6) is -2.16. The van der Waals surface area contributed by atoms with Gasteiger partial charge in [0.1, 0.15) is 5.69 Å². The highest BCUT2D eigenvalue weighted by Gasteiger charge is 2.22. The molecule has 108 valence electrons. The van der Waals surface area contributed by atoms with Gasteiger partial charge < -0.3 is 14.2 Å². The van der Waals surface area contributed by atoms with E-state index in [4.69, 9.17) is 9.47 Å². The van der Waals surface area contributed by atoms with Crippen LogP contribution in [-0.4, -0.2) is 43.2 Å². The Morgan fingerprint density at radius 2 is 1.60 bits per heavy atom. The quantitative estimate of drug-likeness (QED) is 0.591. The van der Waals surface area contributed by atoms with Crippen LogP contribution in [0.25, 0.3) is 0 Å². The fraction of sp³-hybridized carbons (Fsp3) is 0.385. The second kappa shape index (κ2) is 7.22. The van der Waals surface area contributed by atoms with Gasteiger partial charge in [-0.15, -0.1) is 0 Å². The maximum absolute atomic E-state index is 11.7. The lowest BCUT2D eigenvalue weighted by molar-refractivity contribution is 0.0493. The van der Waals surface area contributed by atoms with Crippen molar-refractivity contribution in [2.24, 2.45) is 0 Å². The van der Waals surface area contributed by atoms with E-state index in [9.17, 15) is 14.4 Å². The number of carbonyl (C=O) groups is 3. The Balaban J connectivity index is 3.23. The Bertz CT molecular complexity index is 526. The van der Waals surface area contributed by atoms with Crippen LogP contribution in [0.1, 0.15) is 45.1 Å². The monoisotopic (exact) mass is 281 g/mol. The number of methoxy groups -OCH3 is 1. The third kappa shape index (κ3) is 3.53. The summed E-state index contributed by atoms with van der Waals surface area (Å²) in [6.07, 6.45) is 1.09. The summed E-state index contributed by atoms with van der Waals surface area (Å²) in [7, 11) is 1.17. The van der Waals surface area contributed by atoms with Gasteiger partial charge >= 0.3 is 17.9 Å². The van der Waals surface area contributed by atoms with E-state index in [2.05, 4.69) is 9.72 Å². The number of rotatable bonds is 5. The summed E-state index contributed by atoms with van der Waals surface area (Å²) in [5, 5.41) is 0. The summed E-state index contributed by atoms with van der Waals surface area (Å²) in [6.45, 7) is 3.61. The van der Waals surface area contributed by atoms with Gasteiger partial charge in [-0.25, -0.2) is 19.4 Å². The van der Waals surface area contributed by atoms with Crippen molar-refractivity contribution < 1.29 is 28.6 Å². The van der Waals surface area contributed by atoms with E-state index in [-0.39, 0.29) is 30.0 Å². The van der Waals surface area contributed by atoms with Gasteiger partial charge in [-0.05, 0) is 19.9 Å². The lowest BCUT2D eigenvalue weighted by Crippen LogP contribution is -2.16. The highest BCUT2D eigenvalue weighted by atomic mass is 16.5. The number of carbonyl (C=O) groups excluding carboxylic acids is 3. The first-order valence-electron chi connectivity index (χ1n) is 5.97. The van der Waals surface area contributed by atoms with Crippen molar-refractivity contribution in [1.82, 2.24) is 4.98 Å². The standard InChI is InChI=1S/C13H15NO6/c1-4-19-12(16)9-7-14-10(13(17)20-5-2)6-8(9)11(15)18-3/h6-7H,4-5H2,1-3H3. The SMILES string of the molecule is CCOC(=O)c1cc(C(=O)OC)c(C(=O)OCC)cn1. The van der Waals surface area contributed by atoms with Gasteiger partial charge in [0.05, 0.1) is 31.5 Å². The van der Waals surface area contributed by atoms with Crippen molar-refractivity contribution in [2.75, 3.05) is 20.3 Å². The minimum Gasteiger partial charge on any atom is -0.465 e. The number of ether oxygens (including phenoxy) is 3. The van der Waals surface area contributed by atoms with Gasteiger partial charge in [0, 0.05) is 6.20 Å². The molecular formula is C13H15NO6. The first kappa shape index (κ1) is 15.6. The van der Waals surface area contributed by atoms with E-state index in [1.54, 1.807) is 13.8 Å². The Hall–Kier alpha value is -2.44. The van der Waals surface area contributed by atoms with Gasteiger partial charge in [0.25, 0.3) is 0 Å². The zero-order valence-electron chi connectivity index (χ0n) is 11.5. The topological polar surface area (TPSA) is 91.8 Å². The lowest BCUT2D eigenvalue weighted by Gasteiger charge is -2.08. The molecule has 20 heavy (non-hydrogen) atoms. The van der Waals surface area contributed by atoms with Gasteiger partial charge in [-0.2, -0.15) is 0 Å². The number of hydrogen-bond acceptors (Lipinski definition) is 7. The van der Waals surface area contributed by atoms with Crippen LogP contribution in [0, 0.1) is 0 Å². The molecule has 0 fully saturated rings. The Kier molecular flexibility index (Phi) is 5.64. The third-order valence-electron chi connectivity index (χ3n) is 2.29. The van der Waals surface area contributed by atoms with Crippen LogP contribution in [0.5, 0.6) is 0 Å². The van der Waals surface area contributed by atoms with Gasteiger partial charge in [0.2, 0.25) is 0 Å². The molecule has 0 radical (unpaired) electrons. The van der Waals surface area contributed by atoms with Gasteiger partial charge in [0.15, 0.2) is 0 Å². The molecule has 1 heterocycles. The summed E-state index contributed by atoms with van der Waals surface area (Å²) < 4.78 is 14.2. The molecule has 0 atom stereocenters. The van der Waals surface area contributed by atoms with Crippen molar-refractivity contribution in [3.8, 4) is 0 Å². The molecule has 7 heteroatoms. The van der Waals surface area contributed by atoms with Crippen LogP contribution in [0.2, 0.25) is 0 Å². The Labute approximate surface area is 115 Å². The largest absolute Gasteiger partial charge is 0.465 e. The normalized spacial score (nSPS) is 9.75. The van der Waals surface area contributed by atoms with Crippen LogP contribution >= 0.6 is 0 Å². The third-order valence-corrected chi connectivity index (χ3v) is 2.29. The van der Waals surface area contributed by atoms with Crippen LogP contribution < -0.4 is 0 Å². The molecule has 0 aliphatic heterocycles. The maximum atomic E-state index is 11.7. The van der Waals surface area contributed by atoms with Crippen molar-refractivity contribution in [3.63, 3.8) is 0 Å². The zero-order chi connectivity index (χ0) is 15.1. The molecule has 0 spiro atoms. The smallest absolute Gasteiger partial charge is 0.356 e. The molecule has 7 nitrogen and oxygen atoms in total. The average molecular weight is 281 g/mol. The molecule has 0 aliphatic carbocycles. The molecule has 1 aromatic rings. The lowest BCUT2D eigenvalue weighted by atomic mass is 10.1. The Morgan fingerprint density at radius 1 is 1.00 bits per heavy atom. The van der Waals surface area contributed by atoms with Crippen molar-refractivity contribution in [1.29, 1.82) is 0 Å². The van der Waals surface area contributed by atoms with Gasteiger partial charge in [-0.1, -0.05) is 0 Å². The highest BCUT2D eigenvalue weighted by molar-refractivity contribution is 6.04. The molecule has 0 N–H and O–H groups in total. The number of aromatic nitrogens is 1. The molecule has 0 unspecified atom stereocenters. The van der Waals surface area contributed by atoms with Crippen LogP contribution in [0.3, 0.4) is 0 Å². The first-order valence-corrected chi connectivity index (χ1v) is 5.97. The number of hydrogen-bond donors (Lipinski definition) is 0. The molecule has 0 saturated heterocycles. The molecule has 1 aromatic heterocycles. The van der Waals surface area contributed by atoms with Gasteiger partial charge in [-0.3, -0.25) is 0 Å². The fourth-order valence-corrected chi connectivity index (χ4v) is 1.42. The van der Waals surface area contributed by atoms with Crippen LogP contribution in [0.4, 0.5) is 0 Å². The van der Waals surface area contributed by atoms with E-state index in [1.807, 2.05) is 0 Å². The highest BCUT2D eigenvalue weighted by Crippen LogP contribution is 2.13. The predicted octanol–water partition coefficient (Wildman–Crippen LogP) is 1.22. The molecule has 0 aromatic carbocycles. The minimum absolute atomic E-state index is 0.0632.